The molecule has 4 heteroatoms. The molecule has 0 aliphatic heterocycles. The molecule has 1 aliphatic rings. The molecule has 0 saturated heterocycles. The number of nitrogens with zero attached hydrogens (tertiary/aromatic N) is 2. The lowest BCUT2D eigenvalue weighted by molar-refractivity contribution is 0.223. The van der Waals surface area contributed by atoms with Crippen molar-refractivity contribution in [3.05, 3.63) is 29.8 Å². The molecule has 108 valence electrons. The lowest BCUT2D eigenvalue weighted by Crippen LogP contribution is -2.43. The second-order valence-corrected chi connectivity index (χ2v) is 6.17. The summed E-state index contributed by atoms with van der Waals surface area (Å²) in [6, 6.07) is 4.80. The van der Waals surface area contributed by atoms with Crippen molar-refractivity contribution in [2.24, 2.45) is 11.7 Å². The van der Waals surface area contributed by atoms with Crippen LogP contribution >= 0.6 is 0 Å². The number of rotatable bonds is 2. The monoisotopic (exact) mass is 275 g/mol. The summed E-state index contributed by atoms with van der Waals surface area (Å²) in [5, 5.41) is 0. The summed E-state index contributed by atoms with van der Waals surface area (Å²) in [4.78, 5) is 4.67. The van der Waals surface area contributed by atoms with Crippen molar-refractivity contribution in [1.29, 1.82) is 0 Å². The van der Waals surface area contributed by atoms with E-state index in [0.717, 1.165) is 37.1 Å². The minimum Gasteiger partial charge on any atom is -0.327 e. The Kier molecular flexibility index (Phi) is 3.28. The van der Waals surface area contributed by atoms with E-state index >= 15 is 0 Å². The van der Waals surface area contributed by atoms with Crippen molar-refractivity contribution >= 4 is 11.0 Å². The number of nitrogens with two attached hydrogens (primary N) is 1. The average Bonchev–Trinajstić information content (AvgIpc) is 2.76. The Morgan fingerprint density at radius 2 is 2.30 bits per heavy atom. The van der Waals surface area contributed by atoms with Crippen LogP contribution in [0.3, 0.4) is 0 Å². The van der Waals surface area contributed by atoms with Gasteiger partial charge in [0.05, 0.1) is 16.6 Å². The molecule has 2 N–H and O–H groups in total. The zero-order valence-electron chi connectivity index (χ0n) is 12.2. The summed E-state index contributed by atoms with van der Waals surface area (Å²) in [7, 11) is 0. The second-order valence-electron chi connectivity index (χ2n) is 6.17. The van der Waals surface area contributed by atoms with Crippen LogP contribution in [0, 0.1) is 11.7 Å². The molecule has 1 aliphatic carbocycles. The maximum atomic E-state index is 13.4. The van der Waals surface area contributed by atoms with Gasteiger partial charge in [-0.15, -0.1) is 0 Å². The van der Waals surface area contributed by atoms with Gasteiger partial charge in [0.25, 0.3) is 0 Å². The van der Waals surface area contributed by atoms with Gasteiger partial charge in [0.1, 0.15) is 11.6 Å². The lowest BCUT2D eigenvalue weighted by atomic mass is 9.76. The minimum absolute atomic E-state index is 0.243. The van der Waals surface area contributed by atoms with Gasteiger partial charge < -0.3 is 10.3 Å². The number of benzene rings is 1. The normalized spacial score (nSPS) is 27.1. The quantitative estimate of drug-likeness (QED) is 0.910. The molecule has 1 heterocycles. The van der Waals surface area contributed by atoms with E-state index in [1.54, 1.807) is 6.07 Å². The molecule has 2 atom stereocenters. The first-order chi connectivity index (χ1) is 9.53. The molecule has 0 amide bonds. The van der Waals surface area contributed by atoms with Gasteiger partial charge in [-0.25, -0.2) is 9.37 Å². The highest BCUT2D eigenvalue weighted by molar-refractivity contribution is 5.76. The Morgan fingerprint density at radius 1 is 1.50 bits per heavy atom. The topological polar surface area (TPSA) is 43.8 Å². The first-order valence-electron chi connectivity index (χ1n) is 7.48. The molecule has 0 spiro atoms. The smallest absolute Gasteiger partial charge is 0.130 e. The van der Waals surface area contributed by atoms with Crippen molar-refractivity contribution in [2.45, 2.75) is 51.6 Å². The molecule has 0 radical (unpaired) electrons. The number of aryl methyl sites for hydroxylation is 1. The average molecular weight is 275 g/mol. The maximum Gasteiger partial charge on any atom is 0.130 e. The van der Waals surface area contributed by atoms with Crippen LogP contribution in [0.1, 0.15) is 45.4 Å². The fraction of sp³-hybridized carbons (Fsp3) is 0.562. The molecule has 1 aromatic carbocycles. The predicted octanol–water partition coefficient (Wildman–Crippen LogP) is 3.56. The van der Waals surface area contributed by atoms with E-state index in [0.29, 0.717) is 11.4 Å². The number of fused-ring (bicyclic) bond motifs is 1. The molecule has 2 aromatic rings. The Labute approximate surface area is 119 Å². The molecule has 3 rings (SSSR count). The third-order valence-electron chi connectivity index (χ3n) is 4.50. The lowest BCUT2D eigenvalue weighted by Gasteiger charge is -2.36. The van der Waals surface area contributed by atoms with E-state index in [4.69, 9.17) is 5.73 Å². The Morgan fingerprint density at radius 3 is 3.00 bits per heavy atom. The minimum atomic E-state index is -0.372. The highest BCUT2D eigenvalue weighted by Gasteiger charge is 2.37. The number of hydrogen-bond donors (Lipinski definition) is 1. The Bertz CT molecular complexity index is 634. The largest absolute Gasteiger partial charge is 0.327 e. The summed E-state index contributed by atoms with van der Waals surface area (Å²) < 4.78 is 15.5. The van der Waals surface area contributed by atoms with Gasteiger partial charge in [0, 0.05) is 12.6 Å². The standard InChI is InChI=1S/C16H22FN3/c1-3-20-14-7-6-12(17)9-13(14)19-15(20)16(18)8-4-5-11(2)10-16/h6-7,9,11H,3-5,8,10,18H2,1-2H3. The van der Waals surface area contributed by atoms with Crippen molar-refractivity contribution in [2.75, 3.05) is 0 Å². The first-order valence-corrected chi connectivity index (χ1v) is 7.48. The highest BCUT2D eigenvalue weighted by atomic mass is 19.1. The molecular formula is C16H22FN3. The van der Waals surface area contributed by atoms with E-state index in [1.165, 1.54) is 18.6 Å². The first kappa shape index (κ1) is 13.6. The zero-order valence-corrected chi connectivity index (χ0v) is 12.2. The van der Waals surface area contributed by atoms with E-state index in [1.807, 2.05) is 0 Å². The van der Waals surface area contributed by atoms with Gasteiger partial charge >= 0.3 is 0 Å². The van der Waals surface area contributed by atoms with E-state index in [-0.39, 0.29) is 11.4 Å². The van der Waals surface area contributed by atoms with Gasteiger partial charge in [-0.3, -0.25) is 0 Å². The molecule has 1 fully saturated rings. The number of imidazole rings is 1. The van der Waals surface area contributed by atoms with Crippen LogP contribution in [0.5, 0.6) is 0 Å². The van der Waals surface area contributed by atoms with Crippen LogP contribution < -0.4 is 5.73 Å². The van der Waals surface area contributed by atoms with Crippen molar-refractivity contribution in [1.82, 2.24) is 9.55 Å². The van der Waals surface area contributed by atoms with Crippen LogP contribution in [0.15, 0.2) is 18.2 Å². The van der Waals surface area contributed by atoms with Gasteiger partial charge in [-0.05, 0) is 37.8 Å². The van der Waals surface area contributed by atoms with Crippen LogP contribution in [-0.4, -0.2) is 9.55 Å². The summed E-state index contributed by atoms with van der Waals surface area (Å²) in [6.45, 7) is 5.15. The number of hydrogen-bond acceptors (Lipinski definition) is 2. The van der Waals surface area contributed by atoms with Gasteiger partial charge in [-0.2, -0.15) is 0 Å². The zero-order chi connectivity index (χ0) is 14.3. The van der Waals surface area contributed by atoms with Gasteiger partial charge in [0.15, 0.2) is 0 Å². The SMILES string of the molecule is CCn1c(C2(N)CCCC(C)C2)nc2cc(F)ccc21. The van der Waals surface area contributed by atoms with Crippen LogP contribution in [0.2, 0.25) is 0 Å². The fourth-order valence-electron chi connectivity index (χ4n) is 3.60. The molecule has 0 bridgehead atoms. The molecule has 1 aromatic heterocycles. The van der Waals surface area contributed by atoms with Crippen molar-refractivity contribution < 1.29 is 4.39 Å². The van der Waals surface area contributed by atoms with E-state index in [2.05, 4.69) is 23.4 Å². The summed E-state index contributed by atoms with van der Waals surface area (Å²) in [6.07, 6.45) is 4.29. The second kappa shape index (κ2) is 4.85. The van der Waals surface area contributed by atoms with Gasteiger partial charge in [0.2, 0.25) is 0 Å². The van der Waals surface area contributed by atoms with Crippen molar-refractivity contribution in [3.63, 3.8) is 0 Å². The third-order valence-corrected chi connectivity index (χ3v) is 4.50. The molecule has 20 heavy (non-hydrogen) atoms. The van der Waals surface area contributed by atoms with Crippen LogP contribution in [0.25, 0.3) is 11.0 Å². The van der Waals surface area contributed by atoms with E-state index < -0.39 is 0 Å². The molecular weight excluding hydrogens is 253 g/mol. The number of halogens is 1. The molecule has 1 saturated carbocycles. The fourth-order valence-corrected chi connectivity index (χ4v) is 3.60. The summed E-state index contributed by atoms with van der Waals surface area (Å²) in [5.74, 6) is 1.30. The Balaban J connectivity index is 2.15. The van der Waals surface area contributed by atoms with E-state index in [9.17, 15) is 4.39 Å². The maximum absolute atomic E-state index is 13.4. The van der Waals surface area contributed by atoms with Crippen LogP contribution in [0.4, 0.5) is 4.39 Å². The van der Waals surface area contributed by atoms with Crippen molar-refractivity contribution in [3.8, 4) is 0 Å². The molecule has 2 unspecified atom stereocenters. The van der Waals surface area contributed by atoms with Gasteiger partial charge in [-0.1, -0.05) is 19.8 Å². The van der Waals surface area contributed by atoms with Crippen LogP contribution in [-0.2, 0) is 12.1 Å². The highest BCUT2D eigenvalue weighted by Crippen LogP contribution is 2.38. The Hall–Kier alpha value is -1.42. The molecule has 3 nitrogen and oxygen atoms in total. The number of aromatic nitrogens is 2. The summed E-state index contributed by atoms with van der Waals surface area (Å²) in [5.41, 5.74) is 7.99. The predicted molar refractivity (Wildman–Crippen MR) is 78.9 cm³/mol. The third kappa shape index (κ3) is 2.12. The summed E-state index contributed by atoms with van der Waals surface area (Å²) >= 11 is 0.